The molecular formula is C8H15NO2. The molecule has 0 aliphatic carbocycles. The fraction of sp³-hybridized carbons (Fsp3) is 1.00. The molecule has 2 saturated heterocycles. The predicted molar refractivity (Wildman–Crippen MR) is 41.3 cm³/mol. The van der Waals surface area contributed by atoms with Crippen LogP contribution in [-0.2, 0) is 9.47 Å². The fourth-order valence-corrected chi connectivity index (χ4v) is 1.76. The molecule has 1 spiro atoms. The van der Waals surface area contributed by atoms with Gasteiger partial charge in [0.1, 0.15) is 0 Å². The van der Waals surface area contributed by atoms with Crippen molar-refractivity contribution in [2.75, 3.05) is 26.7 Å². The van der Waals surface area contributed by atoms with Crippen molar-refractivity contribution >= 4 is 0 Å². The minimum Gasteiger partial charge on any atom is -0.345 e. The molecule has 0 saturated carbocycles. The van der Waals surface area contributed by atoms with Gasteiger partial charge in [0.15, 0.2) is 5.79 Å². The van der Waals surface area contributed by atoms with E-state index >= 15 is 0 Å². The third-order valence-electron chi connectivity index (χ3n) is 2.39. The van der Waals surface area contributed by atoms with E-state index in [1.54, 1.807) is 0 Å². The zero-order chi connectivity index (χ0) is 7.90. The number of ether oxygens (including phenoxy) is 2. The normalized spacial score (nSPS) is 36.0. The first-order valence-electron chi connectivity index (χ1n) is 4.24. The number of rotatable bonds is 1. The van der Waals surface area contributed by atoms with E-state index in [9.17, 15) is 0 Å². The molecule has 0 bridgehead atoms. The molecular weight excluding hydrogens is 142 g/mol. The summed E-state index contributed by atoms with van der Waals surface area (Å²) in [6, 6.07) is 0. The van der Waals surface area contributed by atoms with E-state index in [0.29, 0.717) is 6.10 Å². The second-order valence-electron chi connectivity index (χ2n) is 3.54. The van der Waals surface area contributed by atoms with Crippen LogP contribution >= 0.6 is 0 Å². The Kier molecular flexibility index (Phi) is 1.67. The molecule has 2 aliphatic rings. The Morgan fingerprint density at radius 1 is 1.55 bits per heavy atom. The highest BCUT2D eigenvalue weighted by atomic mass is 16.8. The van der Waals surface area contributed by atoms with Gasteiger partial charge < -0.3 is 9.47 Å². The van der Waals surface area contributed by atoms with Gasteiger partial charge in [-0.25, -0.2) is 0 Å². The molecule has 2 heterocycles. The summed E-state index contributed by atoms with van der Waals surface area (Å²) in [5.74, 6) is -0.213. The van der Waals surface area contributed by atoms with Crippen LogP contribution in [0.1, 0.15) is 13.3 Å². The molecule has 1 atom stereocenters. The first-order chi connectivity index (χ1) is 5.24. The lowest BCUT2D eigenvalue weighted by atomic mass is 10.1. The summed E-state index contributed by atoms with van der Waals surface area (Å²) in [4.78, 5) is 2.21. The smallest absolute Gasteiger partial charge is 0.194 e. The van der Waals surface area contributed by atoms with Crippen molar-refractivity contribution in [2.24, 2.45) is 0 Å². The topological polar surface area (TPSA) is 21.7 Å². The summed E-state index contributed by atoms with van der Waals surface area (Å²) >= 11 is 0. The van der Waals surface area contributed by atoms with Gasteiger partial charge in [-0.15, -0.1) is 0 Å². The Labute approximate surface area is 67.3 Å². The van der Waals surface area contributed by atoms with Crippen LogP contribution in [0, 0.1) is 0 Å². The van der Waals surface area contributed by atoms with Crippen LogP contribution in [0.15, 0.2) is 0 Å². The lowest BCUT2D eigenvalue weighted by Gasteiger charge is -2.43. The van der Waals surface area contributed by atoms with Crippen LogP contribution in [0.4, 0.5) is 0 Å². The third-order valence-corrected chi connectivity index (χ3v) is 2.39. The van der Waals surface area contributed by atoms with Crippen LogP contribution in [0.3, 0.4) is 0 Å². The molecule has 2 rings (SSSR count). The van der Waals surface area contributed by atoms with Gasteiger partial charge in [0.2, 0.25) is 0 Å². The SMILES string of the molecule is CCC1COC2(CN(C)C2)O1. The lowest BCUT2D eigenvalue weighted by Crippen LogP contribution is -2.60. The summed E-state index contributed by atoms with van der Waals surface area (Å²) in [6.45, 7) is 4.78. The molecule has 3 nitrogen and oxygen atoms in total. The number of likely N-dealkylation sites (N-methyl/N-ethyl adjacent to an activating group) is 1. The molecule has 0 aromatic carbocycles. The average molecular weight is 157 g/mol. The summed E-state index contributed by atoms with van der Waals surface area (Å²) < 4.78 is 11.3. The number of hydrogen-bond acceptors (Lipinski definition) is 3. The van der Waals surface area contributed by atoms with Gasteiger partial charge in [-0.3, -0.25) is 4.90 Å². The zero-order valence-corrected chi connectivity index (χ0v) is 7.17. The van der Waals surface area contributed by atoms with Crippen LogP contribution in [-0.4, -0.2) is 43.5 Å². The zero-order valence-electron chi connectivity index (χ0n) is 7.17. The van der Waals surface area contributed by atoms with Gasteiger partial charge in [-0.05, 0) is 13.5 Å². The first kappa shape index (κ1) is 7.53. The van der Waals surface area contributed by atoms with Gasteiger partial charge in [0.25, 0.3) is 0 Å². The minimum atomic E-state index is -0.213. The Hall–Kier alpha value is -0.120. The van der Waals surface area contributed by atoms with E-state index in [4.69, 9.17) is 9.47 Å². The van der Waals surface area contributed by atoms with E-state index in [-0.39, 0.29) is 5.79 Å². The van der Waals surface area contributed by atoms with Crippen LogP contribution in [0.25, 0.3) is 0 Å². The molecule has 0 aromatic rings. The highest BCUT2D eigenvalue weighted by molar-refractivity contribution is 4.91. The Morgan fingerprint density at radius 2 is 2.27 bits per heavy atom. The second-order valence-corrected chi connectivity index (χ2v) is 3.54. The maximum atomic E-state index is 5.74. The number of nitrogens with zero attached hydrogens (tertiary/aromatic N) is 1. The van der Waals surface area contributed by atoms with Gasteiger partial charge in [-0.1, -0.05) is 6.92 Å². The van der Waals surface area contributed by atoms with Crippen molar-refractivity contribution in [3.8, 4) is 0 Å². The molecule has 1 unspecified atom stereocenters. The lowest BCUT2D eigenvalue weighted by molar-refractivity contribution is -0.240. The highest BCUT2D eigenvalue weighted by Crippen LogP contribution is 2.32. The monoisotopic (exact) mass is 157 g/mol. The van der Waals surface area contributed by atoms with E-state index in [1.807, 2.05) is 0 Å². The third kappa shape index (κ3) is 1.17. The molecule has 0 radical (unpaired) electrons. The predicted octanol–water partition coefficient (Wildman–Crippen LogP) is 0.454. The number of hydrogen-bond donors (Lipinski definition) is 0. The molecule has 0 amide bonds. The summed E-state index contributed by atoms with van der Waals surface area (Å²) in [5, 5.41) is 0. The first-order valence-corrected chi connectivity index (χ1v) is 4.24. The maximum absolute atomic E-state index is 5.74. The molecule has 2 fully saturated rings. The van der Waals surface area contributed by atoms with Crippen molar-refractivity contribution in [1.82, 2.24) is 4.90 Å². The Bertz CT molecular complexity index is 154. The van der Waals surface area contributed by atoms with E-state index in [0.717, 1.165) is 26.1 Å². The Balaban J connectivity index is 1.89. The fourth-order valence-electron chi connectivity index (χ4n) is 1.76. The average Bonchev–Trinajstić information content (AvgIpc) is 2.31. The van der Waals surface area contributed by atoms with Gasteiger partial charge >= 0.3 is 0 Å². The van der Waals surface area contributed by atoms with Gasteiger partial charge in [0.05, 0.1) is 25.8 Å². The maximum Gasteiger partial charge on any atom is 0.194 e. The molecule has 11 heavy (non-hydrogen) atoms. The molecule has 0 N–H and O–H groups in total. The van der Waals surface area contributed by atoms with E-state index in [1.165, 1.54) is 0 Å². The Morgan fingerprint density at radius 3 is 2.73 bits per heavy atom. The molecule has 64 valence electrons. The van der Waals surface area contributed by atoms with Crippen LogP contribution < -0.4 is 0 Å². The molecule has 2 aliphatic heterocycles. The van der Waals surface area contributed by atoms with Crippen molar-refractivity contribution < 1.29 is 9.47 Å². The standard InChI is InChI=1S/C8H15NO2/c1-3-7-4-10-8(11-7)5-9(2)6-8/h7H,3-6H2,1-2H3. The van der Waals surface area contributed by atoms with Crippen molar-refractivity contribution in [3.05, 3.63) is 0 Å². The molecule has 0 aromatic heterocycles. The van der Waals surface area contributed by atoms with Crippen molar-refractivity contribution in [3.63, 3.8) is 0 Å². The second kappa shape index (κ2) is 2.44. The number of likely N-dealkylation sites (tertiary alicyclic amines) is 1. The highest BCUT2D eigenvalue weighted by Gasteiger charge is 2.49. The van der Waals surface area contributed by atoms with E-state index < -0.39 is 0 Å². The van der Waals surface area contributed by atoms with Crippen molar-refractivity contribution in [1.29, 1.82) is 0 Å². The summed E-state index contributed by atoms with van der Waals surface area (Å²) in [7, 11) is 2.08. The van der Waals surface area contributed by atoms with Gasteiger partial charge in [-0.2, -0.15) is 0 Å². The van der Waals surface area contributed by atoms with Gasteiger partial charge in [0, 0.05) is 0 Å². The van der Waals surface area contributed by atoms with Crippen LogP contribution in [0.2, 0.25) is 0 Å². The summed E-state index contributed by atoms with van der Waals surface area (Å²) in [6.07, 6.45) is 1.40. The minimum absolute atomic E-state index is 0.213. The quantitative estimate of drug-likeness (QED) is 0.551. The summed E-state index contributed by atoms with van der Waals surface area (Å²) in [5.41, 5.74) is 0. The largest absolute Gasteiger partial charge is 0.345 e. The molecule has 3 heteroatoms. The van der Waals surface area contributed by atoms with E-state index in [2.05, 4.69) is 18.9 Å². The van der Waals surface area contributed by atoms with Crippen molar-refractivity contribution in [2.45, 2.75) is 25.2 Å². The van der Waals surface area contributed by atoms with Crippen LogP contribution in [0.5, 0.6) is 0 Å².